The van der Waals surface area contributed by atoms with Crippen LogP contribution in [-0.4, -0.2) is 43.2 Å². The largest absolute Gasteiger partial charge is 0.355 e. The summed E-state index contributed by atoms with van der Waals surface area (Å²) in [5, 5.41) is 12.4. The predicted molar refractivity (Wildman–Crippen MR) is 155 cm³/mol. The highest BCUT2D eigenvalue weighted by atomic mass is 15.2. The molecule has 1 aliphatic heterocycles. The van der Waals surface area contributed by atoms with Crippen LogP contribution in [-0.2, 0) is 13.1 Å². The van der Waals surface area contributed by atoms with E-state index < -0.39 is 0 Å². The molecule has 0 aliphatic carbocycles. The van der Waals surface area contributed by atoms with Crippen LogP contribution >= 0.6 is 0 Å². The number of rotatable bonds is 7. The number of hydrogen-bond acceptors (Lipinski definition) is 6. The van der Waals surface area contributed by atoms with Crippen LogP contribution in [0.4, 0.5) is 5.82 Å². The second-order valence-corrected chi connectivity index (χ2v) is 10.2. The van der Waals surface area contributed by atoms with Crippen molar-refractivity contribution in [1.82, 2.24) is 35.5 Å². The summed E-state index contributed by atoms with van der Waals surface area (Å²) in [6.45, 7) is 3.62. The summed E-state index contributed by atoms with van der Waals surface area (Å²) in [7, 11) is 0. The van der Waals surface area contributed by atoms with Gasteiger partial charge in [-0.3, -0.25) is 10.1 Å². The van der Waals surface area contributed by atoms with Crippen molar-refractivity contribution in [2.75, 3.05) is 18.0 Å². The molecular formula is C31H30N8. The lowest BCUT2D eigenvalue weighted by molar-refractivity contribution is 0.574. The van der Waals surface area contributed by atoms with Crippen molar-refractivity contribution in [3.8, 4) is 22.6 Å². The van der Waals surface area contributed by atoms with Gasteiger partial charge >= 0.3 is 0 Å². The molecular weight excluding hydrogens is 484 g/mol. The molecule has 8 nitrogen and oxygen atoms in total. The molecule has 7 rings (SSSR count). The minimum atomic E-state index is 0.747. The highest BCUT2D eigenvalue weighted by Gasteiger charge is 2.19. The molecule has 0 bridgehead atoms. The molecule has 0 saturated carbocycles. The van der Waals surface area contributed by atoms with Crippen molar-refractivity contribution in [3.63, 3.8) is 0 Å². The Morgan fingerprint density at radius 2 is 1.69 bits per heavy atom. The minimum absolute atomic E-state index is 0.747. The molecule has 0 amide bonds. The van der Waals surface area contributed by atoms with E-state index in [9.17, 15) is 0 Å². The number of pyridine rings is 2. The quantitative estimate of drug-likeness (QED) is 0.247. The van der Waals surface area contributed by atoms with Gasteiger partial charge in [0.15, 0.2) is 11.6 Å². The van der Waals surface area contributed by atoms with E-state index in [4.69, 9.17) is 9.97 Å². The smallest absolute Gasteiger partial charge is 0.159 e. The number of benzene rings is 2. The van der Waals surface area contributed by atoms with E-state index in [1.165, 1.54) is 24.8 Å². The van der Waals surface area contributed by atoms with Crippen LogP contribution in [0, 0.1) is 0 Å². The third-order valence-electron chi connectivity index (χ3n) is 7.45. The number of H-pyrrole nitrogens is 2. The van der Waals surface area contributed by atoms with Crippen LogP contribution in [0.5, 0.6) is 0 Å². The molecule has 4 aromatic heterocycles. The van der Waals surface area contributed by atoms with Gasteiger partial charge in [-0.15, -0.1) is 0 Å². The van der Waals surface area contributed by atoms with E-state index in [0.717, 1.165) is 82.1 Å². The van der Waals surface area contributed by atoms with Crippen LogP contribution in [0.15, 0.2) is 79.3 Å². The van der Waals surface area contributed by atoms with Crippen LogP contribution in [0.2, 0.25) is 0 Å². The molecule has 6 aromatic rings. The average Bonchev–Trinajstić information content (AvgIpc) is 3.62. The topological polar surface area (TPSA) is 98.4 Å². The normalized spacial score (nSPS) is 13.9. The third kappa shape index (κ3) is 4.75. The van der Waals surface area contributed by atoms with Gasteiger partial charge in [-0.1, -0.05) is 36.4 Å². The zero-order chi connectivity index (χ0) is 26.0. The first kappa shape index (κ1) is 23.5. The van der Waals surface area contributed by atoms with Crippen molar-refractivity contribution in [1.29, 1.82) is 0 Å². The van der Waals surface area contributed by atoms with Gasteiger partial charge in [0.05, 0.1) is 11.0 Å². The second-order valence-electron chi connectivity index (χ2n) is 10.2. The maximum Gasteiger partial charge on any atom is 0.159 e. The zero-order valence-electron chi connectivity index (χ0n) is 21.7. The molecule has 5 heterocycles. The first-order valence-corrected chi connectivity index (χ1v) is 13.6. The standard InChI is InChI=1S/C31H30N8/c1-3-7-21(8-4-1)17-32-18-22-15-24(20-33-19-22)23-9-10-26-25(16-23)28(38-37-26)30-35-27-11-12-34-31(29(27)36-30)39-13-5-2-6-14-39/h1,3-4,7-12,15-16,19-20,32H,2,5-6,13-14,17-18H2,(H,35,36)(H,37,38). The fourth-order valence-electron chi connectivity index (χ4n) is 5.43. The molecule has 0 atom stereocenters. The van der Waals surface area contributed by atoms with Crippen LogP contribution in [0.25, 0.3) is 44.6 Å². The summed E-state index contributed by atoms with van der Waals surface area (Å²) in [6, 6.07) is 21.0. The highest BCUT2D eigenvalue weighted by Crippen LogP contribution is 2.32. The predicted octanol–water partition coefficient (Wildman–Crippen LogP) is 5.84. The monoisotopic (exact) mass is 514 g/mol. The van der Waals surface area contributed by atoms with Crippen molar-refractivity contribution < 1.29 is 0 Å². The van der Waals surface area contributed by atoms with Crippen molar-refractivity contribution in [3.05, 3.63) is 90.4 Å². The molecule has 1 aliphatic rings. The molecule has 194 valence electrons. The molecule has 3 N–H and O–H groups in total. The second kappa shape index (κ2) is 10.3. The minimum Gasteiger partial charge on any atom is -0.355 e. The lowest BCUT2D eigenvalue weighted by Crippen LogP contribution is -2.30. The Balaban J connectivity index is 1.18. The summed E-state index contributed by atoms with van der Waals surface area (Å²) in [4.78, 5) is 20.1. The first-order valence-electron chi connectivity index (χ1n) is 13.6. The van der Waals surface area contributed by atoms with Crippen molar-refractivity contribution >= 4 is 27.8 Å². The fraction of sp³-hybridized carbons (Fsp3) is 0.226. The number of aromatic nitrogens is 6. The summed E-state index contributed by atoms with van der Waals surface area (Å²) < 4.78 is 0. The maximum atomic E-state index is 4.99. The van der Waals surface area contributed by atoms with E-state index >= 15 is 0 Å². The van der Waals surface area contributed by atoms with Crippen LogP contribution in [0.1, 0.15) is 30.4 Å². The number of anilines is 1. The van der Waals surface area contributed by atoms with E-state index in [1.54, 1.807) is 0 Å². The summed E-state index contributed by atoms with van der Waals surface area (Å²) in [5.41, 5.74) is 8.24. The zero-order valence-corrected chi connectivity index (χ0v) is 21.7. The Labute approximate surface area is 226 Å². The lowest BCUT2D eigenvalue weighted by Gasteiger charge is -2.27. The van der Waals surface area contributed by atoms with Crippen LogP contribution < -0.4 is 10.2 Å². The Bertz CT molecular complexity index is 1730. The molecule has 8 heteroatoms. The summed E-state index contributed by atoms with van der Waals surface area (Å²) in [6.07, 6.45) is 9.37. The molecule has 0 unspecified atom stereocenters. The van der Waals surface area contributed by atoms with E-state index in [1.807, 2.05) is 30.7 Å². The van der Waals surface area contributed by atoms with Gasteiger partial charge in [0.25, 0.3) is 0 Å². The number of nitrogens with one attached hydrogen (secondary N) is 3. The lowest BCUT2D eigenvalue weighted by atomic mass is 10.0. The number of piperidine rings is 1. The van der Waals surface area contributed by atoms with E-state index in [-0.39, 0.29) is 0 Å². The van der Waals surface area contributed by atoms with Gasteiger partial charge in [0.2, 0.25) is 0 Å². The molecule has 1 fully saturated rings. The third-order valence-corrected chi connectivity index (χ3v) is 7.45. The molecule has 39 heavy (non-hydrogen) atoms. The maximum absolute atomic E-state index is 4.99. The number of imidazole rings is 1. The Kier molecular flexibility index (Phi) is 6.22. The van der Waals surface area contributed by atoms with Gasteiger partial charge in [-0.25, -0.2) is 9.97 Å². The van der Waals surface area contributed by atoms with Gasteiger partial charge in [0, 0.05) is 55.7 Å². The summed E-state index contributed by atoms with van der Waals surface area (Å²) in [5.74, 6) is 1.70. The number of fused-ring (bicyclic) bond motifs is 2. The average molecular weight is 515 g/mol. The van der Waals surface area contributed by atoms with E-state index in [0.29, 0.717) is 0 Å². The molecule has 0 radical (unpaired) electrons. The number of hydrogen-bond donors (Lipinski definition) is 3. The van der Waals surface area contributed by atoms with Gasteiger partial charge in [-0.2, -0.15) is 5.10 Å². The van der Waals surface area contributed by atoms with Crippen molar-refractivity contribution in [2.45, 2.75) is 32.4 Å². The SMILES string of the molecule is c1ccc(CNCc2cncc(-c3ccc4[nH]nc(-c5nc6c(N7CCCCC7)nccc6[nH]5)c4c3)c2)cc1. The Morgan fingerprint density at radius 3 is 2.59 bits per heavy atom. The molecule has 1 saturated heterocycles. The highest BCUT2D eigenvalue weighted by molar-refractivity contribution is 5.97. The number of nitrogens with zero attached hydrogens (tertiary/aromatic N) is 5. The Hall–Kier alpha value is -4.56. The molecule has 2 aromatic carbocycles. The van der Waals surface area contributed by atoms with E-state index in [2.05, 4.69) is 78.9 Å². The first-order chi connectivity index (χ1) is 19.3. The summed E-state index contributed by atoms with van der Waals surface area (Å²) >= 11 is 0. The van der Waals surface area contributed by atoms with Gasteiger partial charge in [-0.05, 0) is 60.2 Å². The fourth-order valence-corrected chi connectivity index (χ4v) is 5.43. The van der Waals surface area contributed by atoms with Crippen LogP contribution in [0.3, 0.4) is 0 Å². The van der Waals surface area contributed by atoms with Gasteiger partial charge in [0.1, 0.15) is 11.2 Å². The Morgan fingerprint density at radius 1 is 0.821 bits per heavy atom. The molecule has 0 spiro atoms. The van der Waals surface area contributed by atoms with Gasteiger partial charge < -0.3 is 15.2 Å². The van der Waals surface area contributed by atoms with Crippen molar-refractivity contribution in [2.24, 2.45) is 0 Å². The number of aromatic amines is 2.